The van der Waals surface area contributed by atoms with Gasteiger partial charge in [0.05, 0.1) is 0 Å². The molecule has 6 nitrogen and oxygen atoms in total. The van der Waals surface area contributed by atoms with Gasteiger partial charge in [-0.05, 0) is 19.8 Å². The molecule has 2 bridgehead atoms. The second-order valence-electron chi connectivity index (χ2n) is 7.17. The zero-order valence-corrected chi connectivity index (χ0v) is 14.2. The average Bonchev–Trinajstić information content (AvgIpc) is 3.12. The van der Waals surface area contributed by atoms with E-state index in [0.717, 1.165) is 0 Å². The minimum absolute atomic E-state index is 0.0518. The largest absolute Gasteiger partial charge is 0.457 e. The van der Waals surface area contributed by atoms with Gasteiger partial charge in [0, 0.05) is 17.4 Å². The van der Waals surface area contributed by atoms with Crippen molar-refractivity contribution in [3.63, 3.8) is 0 Å². The standard InChI is InChI=1S/C16H14F6O6/c1-5(2)10(23)26-8-6-3-7-9(8)27-12(24)14(7,4-6)13(25)28-11(15(17,18)19)16(20,21)22/h6-9,11H,1,3-4H2,2H3/t6-,7?,8?,9?,14?/m1/s1. The van der Waals surface area contributed by atoms with Gasteiger partial charge < -0.3 is 14.2 Å². The predicted octanol–water partition coefficient (Wildman–Crippen LogP) is 2.46. The summed E-state index contributed by atoms with van der Waals surface area (Å²) in [4.78, 5) is 36.3. The van der Waals surface area contributed by atoms with Gasteiger partial charge in [0.15, 0.2) is 5.41 Å². The van der Waals surface area contributed by atoms with E-state index >= 15 is 0 Å². The van der Waals surface area contributed by atoms with Gasteiger partial charge in [0.2, 0.25) is 0 Å². The highest BCUT2D eigenvalue weighted by Crippen LogP contribution is 2.63. The van der Waals surface area contributed by atoms with Gasteiger partial charge in [-0.25, -0.2) is 4.79 Å². The zero-order valence-electron chi connectivity index (χ0n) is 14.2. The van der Waals surface area contributed by atoms with Crippen molar-refractivity contribution in [3.8, 4) is 0 Å². The number of ether oxygens (including phenoxy) is 3. The van der Waals surface area contributed by atoms with Crippen molar-refractivity contribution in [1.29, 1.82) is 0 Å². The molecule has 0 aromatic heterocycles. The fourth-order valence-electron chi connectivity index (χ4n) is 4.19. The molecule has 4 unspecified atom stereocenters. The predicted molar refractivity (Wildman–Crippen MR) is 75.2 cm³/mol. The normalized spacial score (nSPS) is 33.8. The molecule has 3 aliphatic rings. The van der Waals surface area contributed by atoms with E-state index in [1.165, 1.54) is 6.92 Å². The highest BCUT2D eigenvalue weighted by Gasteiger charge is 2.76. The molecule has 1 aliphatic heterocycles. The van der Waals surface area contributed by atoms with E-state index in [0.29, 0.717) is 0 Å². The van der Waals surface area contributed by atoms with Crippen LogP contribution in [0, 0.1) is 17.3 Å². The summed E-state index contributed by atoms with van der Waals surface area (Å²) < 4.78 is 90.1. The summed E-state index contributed by atoms with van der Waals surface area (Å²) in [5, 5.41) is 0. The maximum absolute atomic E-state index is 12.7. The first-order valence-corrected chi connectivity index (χ1v) is 8.11. The van der Waals surface area contributed by atoms with Crippen molar-refractivity contribution < 1.29 is 54.9 Å². The van der Waals surface area contributed by atoms with Crippen LogP contribution in [0.25, 0.3) is 0 Å². The number of carbonyl (C=O) groups is 3. The Bertz CT molecular complexity index is 729. The van der Waals surface area contributed by atoms with Crippen molar-refractivity contribution in [2.24, 2.45) is 17.3 Å². The van der Waals surface area contributed by atoms with E-state index in [-0.39, 0.29) is 12.0 Å². The molecule has 12 heteroatoms. The van der Waals surface area contributed by atoms with Crippen molar-refractivity contribution in [2.75, 3.05) is 0 Å². The van der Waals surface area contributed by atoms with Crippen molar-refractivity contribution in [1.82, 2.24) is 0 Å². The number of carbonyl (C=O) groups excluding carboxylic acids is 3. The molecule has 1 heterocycles. The highest BCUT2D eigenvalue weighted by molar-refractivity contribution is 6.03. The van der Waals surface area contributed by atoms with Gasteiger partial charge >= 0.3 is 30.3 Å². The first-order valence-electron chi connectivity index (χ1n) is 8.11. The zero-order chi connectivity index (χ0) is 21.2. The summed E-state index contributed by atoms with van der Waals surface area (Å²) in [5.74, 6) is -5.68. The third-order valence-corrected chi connectivity index (χ3v) is 5.34. The lowest BCUT2D eigenvalue weighted by Crippen LogP contribution is -2.51. The molecule has 0 radical (unpaired) electrons. The number of alkyl halides is 6. The van der Waals surface area contributed by atoms with Crippen LogP contribution >= 0.6 is 0 Å². The molecule has 0 spiro atoms. The number of hydrogen-bond donors (Lipinski definition) is 0. The Balaban J connectivity index is 1.83. The quantitative estimate of drug-likeness (QED) is 0.230. The fourth-order valence-corrected chi connectivity index (χ4v) is 4.19. The Kier molecular flexibility index (Phi) is 4.47. The molecule has 1 saturated heterocycles. The number of esters is 3. The number of halogens is 6. The average molecular weight is 416 g/mol. The monoisotopic (exact) mass is 416 g/mol. The van der Waals surface area contributed by atoms with Gasteiger partial charge in [-0.1, -0.05) is 6.58 Å². The molecule has 2 aliphatic carbocycles. The molecule has 2 saturated carbocycles. The minimum atomic E-state index is -5.90. The van der Waals surface area contributed by atoms with E-state index in [1.807, 2.05) is 0 Å². The molecular formula is C16H14F6O6. The van der Waals surface area contributed by atoms with Gasteiger partial charge in [-0.2, -0.15) is 26.3 Å². The first kappa shape index (κ1) is 20.5. The molecule has 0 N–H and O–H groups in total. The smallest absolute Gasteiger partial charge is 0.434 e. The Labute approximate surface area is 153 Å². The molecule has 0 aromatic rings. The van der Waals surface area contributed by atoms with Crippen LogP contribution in [0.2, 0.25) is 0 Å². The van der Waals surface area contributed by atoms with Crippen LogP contribution in [0.4, 0.5) is 26.3 Å². The summed E-state index contributed by atoms with van der Waals surface area (Å²) in [6, 6.07) is 0. The topological polar surface area (TPSA) is 78.9 Å². The Morgan fingerprint density at radius 2 is 1.79 bits per heavy atom. The first-order chi connectivity index (χ1) is 12.7. The summed E-state index contributed by atoms with van der Waals surface area (Å²) in [6.45, 7) is 4.75. The SMILES string of the molecule is C=C(C)C(=O)OC1C2OC(=O)C3(C(=O)OC(C(F)(F)F)C(F)(F)F)C[C@H]1CC23. The van der Waals surface area contributed by atoms with Crippen molar-refractivity contribution in [3.05, 3.63) is 12.2 Å². The summed E-state index contributed by atoms with van der Waals surface area (Å²) >= 11 is 0. The van der Waals surface area contributed by atoms with E-state index < -0.39 is 72.2 Å². The summed E-state index contributed by atoms with van der Waals surface area (Å²) in [6.07, 6.45) is -18.6. The lowest BCUT2D eigenvalue weighted by atomic mass is 9.73. The van der Waals surface area contributed by atoms with Crippen LogP contribution in [0.3, 0.4) is 0 Å². The highest BCUT2D eigenvalue weighted by atomic mass is 19.4. The summed E-state index contributed by atoms with van der Waals surface area (Å²) in [7, 11) is 0. The minimum Gasteiger partial charge on any atom is -0.457 e. The van der Waals surface area contributed by atoms with Crippen LogP contribution in [0.1, 0.15) is 19.8 Å². The lowest BCUT2D eigenvalue weighted by Gasteiger charge is -2.32. The van der Waals surface area contributed by atoms with E-state index in [4.69, 9.17) is 9.47 Å². The molecule has 3 fully saturated rings. The van der Waals surface area contributed by atoms with Crippen LogP contribution in [0.15, 0.2) is 12.2 Å². The number of hydrogen-bond acceptors (Lipinski definition) is 6. The van der Waals surface area contributed by atoms with Gasteiger partial charge in [0.25, 0.3) is 6.10 Å². The van der Waals surface area contributed by atoms with Gasteiger partial charge in [0.1, 0.15) is 12.2 Å². The van der Waals surface area contributed by atoms with Crippen molar-refractivity contribution >= 4 is 17.9 Å². The van der Waals surface area contributed by atoms with Crippen molar-refractivity contribution in [2.45, 2.75) is 50.4 Å². The molecule has 0 amide bonds. The van der Waals surface area contributed by atoms with E-state index in [9.17, 15) is 40.7 Å². The van der Waals surface area contributed by atoms with E-state index in [1.54, 1.807) is 0 Å². The van der Waals surface area contributed by atoms with Crippen LogP contribution in [-0.2, 0) is 28.6 Å². The second kappa shape index (κ2) is 6.11. The molecule has 3 rings (SSSR count). The van der Waals surface area contributed by atoms with Gasteiger partial charge in [-0.15, -0.1) is 0 Å². The molecule has 5 atom stereocenters. The third-order valence-electron chi connectivity index (χ3n) is 5.34. The number of fused-ring (bicyclic) bond motifs is 1. The second-order valence-corrected chi connectivity index (χ2v) is 7.17. The maximum Gasteiger partial charge on any atom is 0.434 e. The van der Waals surface area contributed by atoms with E-state index in [2.05, 4.69) is 11.3 Å². The van der Waals surface area contributed by atoms with Crippen LogP contribution in [-0.4, -0.2) is 48.6 Å². The third kappa shape index (κ3) is 2.93. The molecule has 0 aromatic carbocycles. The molecular weight excluding hydrogens is 402 g/mol. The summed E-state index contributed by atoms with van der Waals surface area (Å²) in [5.41, 5.74) is -2.22. The maximum atomic E-state index is 12.7. The molecule has 28 heavy (non-hydrogen) atoms. The van der Waals surface area contributed by atoms with Crippen LogP contribution in [0.5, 0.6) is 0 Å². The Morgan fingerprint density at radius 1 is 1.21 bits per heavy atom. The number of rotatable bonds is 4. The Morgan fingerprint density at radius 3 is 2.29 bits per heavy atom. The Hall–Kier alpha value is -2.27. The lowest BCUT2D eigenvalue weighted by molar-refractivity contribution is -0.315. The van der Waals surface area contributed by atoms with Crippen LogP contribution < -0.4 is 0 Å². The fraction of sp³-hybridized carbons (Fsp3) is 0.688. The van der Waals surface area contributed by atoms with Gasteiger partial charge in [-0.3, -0.25) is 9.59 Å². The molecule has 156 valence electrons.